The predicted molar refractivity (Wildman–Crippen MR) is 183 cm³/mol. The minimum absolute atomic E-state index is 0.00259. The average molecular weight is 591 g/mol. The standard InChI is InChI=1S/C39H24N4S/c1-3-11-25(12-4-1)26-19-21-28(22-20-26)38-40-37(27-13-5-2-6-14-27)41-39(42-38)43-31-17-9-7-15-29(31)35-32(43)23-24-34-36(35)30-16-8-10-18-33(30)44-34/h1-24H/i7D,8D,9D,10D,15D,16D,17D,18D,23D,24D. The second-order valence-electron chi connectivity index (χ2n) is 10.1. The molecule has 0 amide bonds. The molecule has 206 valence electrons. The highest BCUT2D eigenvalue weighted by atomic mass is 32.1. The van der Waals surface area contributed by atoms with E-state index in [0.29, 0.717) is 11.1 Å². The van der Waals surface area contributed by atoms with E-state index in [0.717, 1.165) is 22.5 Å². The number of para-hydroxylation sites is 1. The van der Waals surface area contributed by atoms with E-state index in [1.165, 1.54) is 4.57 Å². The number of benzene rings is 6. The zero-order valence-electron chi connectivity index (χ0n) is 32.8. The number of aromatic nitrogens is 4. The van der Waals surface area contributed by atoms with E-state index in [2.05, 4.69) is 0 Å². The van der Waals surface area contributed by atoms with Crippen molar-refractivity contribution in [3.05, 3.63) is 145 Å². The van der Waals surface area contributed by atoms with Gasteiger partial charge in [0.15, 0.2) is 11.6 Å². The highest BCUT2D eigenvalue weighted by Gasteiger charge is 2.20. The summed E-state index contributed by atoms with van der Waals surface area (Å²) in [5, 5.41) is 0.448. The number of rotatable bonds is 4. The van der Waals surface area contributed by atoms with E-state index in [1.54, 1.807) is 0 Å². The lowest BCUT2D eigenvalue weighted by Gasteiger charge is -2.11. The highest BCUT2D eigenvalue weighted by Crippen LogP contribution is 2.43. The summed E-state index contributed by atoms with van der Waals surface area (Å²) in [6, 6.07) is 22.6. The van der Waals surface area contributed by atoms with Gasteiger partial charge in [0.2, 0.25) is 5.95 Å². The van der Waals surface area contributed by atoms with Crippen LogP contribution in [-0.2, 0) is 0 Å². The van der Waals surface area contributed by atoms with Crippen LogP contribution < -0.4 is 0 Å². The average Bonchev–Trinajstić information content (AvgIpc) is 3.78. The molecule has 9 aromatic rings. The summed E-state index contributed by atoms with van der Waals surface area (Å²) in [5.41, 5.74) is 3.22. The summed E-state index contributed by atoms with van der Waals surface area (Å²) in [4.78, 5) is 14.5. The molecule has 0 radical (unpaired) electrons. The molecule has 5 heteroatoms. The summed E-state index contributed by atoms with van der Waals surface area (Å²) < 4.78 is 90.3. The molecule has 0 aliphatic heterocycles. The molecule has 44 heavy (non-hydrogen) atoms. The van der Waals surface area contributed by atoms with Crippen molar-refractivity contribution in [3.8, 4) is 39.9 Å². The van der Waals surface area contributed by atoms with Gasteiger partial charge in [-0.15, -0.1) is 11.3 Å². The minimum atomic E-state index is -0.531. The molecule has 0 aliphatic rings. The molecule has 0 unspecified atom stereocenters. The van der Waals surface area contributed by atoms with Crippen molar-refractivity contribution in [1.29, 1.82) is 0 Å². The van der Waals surface area contributed by atoms with Crippen LogP contribution in [0, 0.1) is 0 Å². The smallest absolute Gasteiger partial charge is 0.238 e. The van der Waals surface area contributed by atoms with Gasteiger partial charge in [0.1, 0.15) is 0 Å². The van der Waals surface area contributed by atoms with Crippen LogP contribution in [0.2, 0.25) is 0 Å². The van der Waals surface area contributed by atoms with Crippen LogP contribution >= 0.6 is 11.3 Å². The van der Waals surface area contributed by atoms with Gasteiger partial charge >= 0.3 is 0 Å². The van der Waals surface area contributed by atoms with Crippen molar-refractivity contribution in [1.82, 2.24) is 19.5 Å². The summed E-state index contributed by atoms with van der Waals surface area (Å²) in [6.07, 6.45) is 0. The molecule has 0 spiro atoms. The fourth-order valence-corrected chi connectivity index (χ4v) is 6.54. The second-order valence-corrected chi connectivity index (χ2v) is 11.2. The number of hydrogen-bond acceptors (Lipinski definition) is 4. The number of hydrogen-bond donors (Lipinski definition) is 0. The van der Waals surface area contributed by atoms with Crippen molar-refractivity contribution in [2.24, 2.45) is 0 Å². The maximum atomic E-state index is 9.39. The molecule has 6 aromatic carbocycles. The zero-order valence-corrected chi connectivity index (χ0v) is 23.6. The Hall–Kier alpha value is -5.65. The molecule has 0 saturated heterocycles. The Morgan fingerprint density at radius 3 is 1.82 bits per heavy atom. The van der Waals surface area contributed by atoms with Gasteiger partial charge in [0.25, 0.3) is 0 Å². The molecular formula is C39H24N4S. The number of nitrogens with zero attached hydrogens (tertiary/aromatic N) is 4. The first kappa shape index (κ1) is 16.8. The van der Waals surface area contributed by atoms with Gasteiger partial charge in [0, 0.05) is 42.1 Å². The van der Waals surface area contributed by atoms with Gasteiger partial charge in [-0.25, -0.2) is 4.98 Å². The van der Waals surface area contributed by atoms with Gasteiger partial charge < -0.3 is 0 Å². The van der Waals surface area contributed by atoms with E-state index in [4.69, 9.17) is 24.5 Å². The summed E-state index contributed by atoms with van der Waals surface area (Å²) >= 11 is 0.950. The monoisotopic (exact) mass is 590 g/mol. The largest absolute Gasteiger partial charge is 0.278 e. The fraction of sp³-hybridized carbons (Fsp3) is 0. The lowest BCUT2D eigenvalue weighted by atomic mass is 10.0. The van der Waals surface area contributed by atoms with Gasteiger partial charge in [-0.3, -0.25) is 4.57 Å². The van der Waals surface area contributed by atoms with Gasteiger partial charge in [0.05, 0.1) is 24.7 Å². The van der Waals surface area contributed by atoms with E-state index in [1.807, 2.05) is 84.9 Å². The summed E-state index contributed by atoms with van der Waals surface area (Å²) in [7, 11) is 0. The Bertz CT molecular complexity index is 3040. The third kappa shape index (κ3) is 3.94. The van der Waals surface area contributed by atoms with Crippen molar-refractivity contribution in [2.75, 3.05) is 0 Å². The van der Waals surface area contributed by atoms with E-state index < -0.39 is 36.3 Å². The number of thiophene rings is 1. The molecule has 9 rings (SSSR count). The Balaban J connectivity index is 1.45. The molecular weight excluding hydrogens is 557 g/mol. The lowest BCUT2D eigenvalue weighted by molar-refractivity contribution is 0.953. The van der Waals surface area contributed by atoms with Crippen LogP contribution in [0.25, 0.3) is 81.8 Å². The molecule has 0 N–H and O–H groups in total. The van der Waals surface area contributed by atoms with E-state index in [-0.39, 0.29) is 83.7 Å². The summed E-state index contributed by atoms with van der Waals surface area (Å²) in [6.45, 7) is 0. The van der Waals surface area contributed by atoms with Gasteiger partial charge in [-0.2, -0.15) is 9.97 Å². The highest BCUT2D eigenvalue weighted by molar-refractivity contribution is 7.26. The molecule has 4 nitrogen and oxygen atoms in total. The summed E-state index contributed by atoms with van der Waals surface area (Å²) in [5.74, 6) is 0.445. The zero-order chi connectivity index (χ0) is 37.7. The van der Waals surface area contributed by atoms with Crippen LogP contribution in [0.5, 0.6) is 0 Å². The molecule has 0 atom stereocenters. The predicted octanol–water partition coefficient (Wildman–Crippen LogP) is 10.3. The molecule has 0 bridgehead atoms. The SMILES string of the molecule is [2H]c1c([2H])c([2H])c2c(sc3c([2H])c([2H])c4c(c5c([2H])c([2H])c([2H])c([2H])c5n4-c4nc(-c5ccccc5)nc(-c5ccc(-c6ccccc6)cc5)n4)c32)c1[2H]. The van der Waals surface area contributed by atoms with Crippen LogP contribution in [-0.4, -0.2) is 19.5 Å². The first-order valence-electron chi connectivity index (χ1n) is 18.8. The molecule has 0 fully saturated rings. The molecule has 3 aromatic heterocycles. The van der Waals surface area contributed by atoms with Crippen molar-refractivity contribution in [3.63, 3.8) is 0 Å². The maximum absolute atomic E-state index is 9.39. The van der Waals surface area contributed by atoms with E-state index in [9.17, 15) is 4.11 Å². The fourth-order valence-electron chi connectivity index (χ4n) is 5.57. The normalized spacial score (nSPS) is 14.8. The van der Waals surface area contributed by atoms with Crippen LogP contribution in [0.1, 0.15) is 13.7 Å². The number of fused-ring (bicyclic) bond motifs is 7. The molecule has 0 saturated carbocycles. The molecule has 3 heterocycles. The quantitative estimate of drug-likeness (QED) is 0.205. The Morgan fingerprint density at radius 2 is 1.07 bits per heavy atom. The first-order valence-corrected chi connectivity index (χ1v) is 14.6. The Labute approximate surface area is 271 Å². The van der Waals surface area contributed by atoms with E-state index >= 15 is 0 Å². The Morgan fingerprint density at radius 1 is 0.477 bits per heavy atom. The minimum Gasteiger partial charge on any atom is -0.278 e. The van der Waals surface area contributed by atoms with Crippen LogP contribution in [0.15, 0.2) is 145 Å². The van der Waals surface area contributed by atoms with Crippen molar-refractivity contribution in [2.45, 2.75) is 0 Å². The third-order valence-corrected chi connectivity index (χ3v) is 8.61. The maximum Gasteiger partial charge on any atom is 0.238 e. The first-order chi connectivity index (χ1) is 26.0. The van der Waals surface area contributed by atoms with Crippen LogP contribution in [0.4, 0.5) is 0 Å². The molecule has 0 aliphatic carbocycles. The van der Waals surface area contributed by atoms with Crippen LogP contribution in [0.3, 0.4) is 0 Å². The third-order valence-electron chi connectivity index (χ3n) is 7.59. The topological polar surface area (TPSA) is 43.6 Å². The van der Waals surface area contributed by atoms with Gasteiger partial charge in [-0.05, 0) is 35.3 Å². The van der Waals surface area contributed by atoms with Crippen molar-refractivity contribution < 1.29 is 13.7 Å². The van der Waals surface area contributed by atoms with Gasteiger partial charge in [-0.1, -0.05) is 121 Å². The lowest BCUT2D eigenvalue weighted by Crippen LogP contribution is -2.06. The second kappa shape index (κ2) is 9.97. The van der Waals surface area contributed by atoms with Crippen molar-refractivity contribution >= 4 is 53.3 Å². The Kier molecular flexibility index (Phi) is 3.82.